The minimum atomic E-state index is -2.87. The largest absolute Gasteiger partial charge is 0.379 e. The van der Waals surface area contributed by atoms with Gasteiger partial charge in [0.05, 0.1) is 42.9 Å². The van der Waals surface area contributed by atoms with Crippen molar-refractivity contribution in [2.45, 2.75) is 101 Å². The fourth-order valence-corrected chi connectivity index (χ4v) is 10.4. The summed E-state index contributed by atoms with van der Waals surface area (Å²) in [7, 11) is 0. The van der Waals surface area contributed by atoms with Crippen LogP contribution in [0.15, 0.2) is 47.4 Å². The number of aromatic nitrogens is 6. The van der Waals surface area contributed by atoms with Gasteiger partial charge in [0, 0.05) is 68.6 Å². The van der Waals surface area contributed by atoms with Gasteiger partial charge in [0.25, 0.3) is 12.3 Å². The van der Waals surface area contributed by atoms with Crippen molar-refractivity contribution in [2.24, 2.45) is 11.8 Å². The Morgan fingerprint density at radius 3 is 2.65 bits per heavy atom. The molecule has 1 aliphatic carbocycles. The van der Waals surface area contributed by atoms with Gasteiger partial charge in [-0.1, -0.05) is 17.3 Å². The Labute approximate surface area is 361 Å². The van der Waals surface area contributed by atoms with Gasteiger partial charge in [-0.2, -0.15) is 10.2 Å². The summed E-state index contributed by atoms with van der Waals surface area (Å²) in [6, 6.07) is 7.55. The number of imide groups is 1. The third kappa shape index (κ3) is 8.51. The van der Waals surface area contributed by atoms with E-state index >= 15 is 0 Å². The molecule has 4 aromatic heterocycles. The maximum Gasteiger partial charge on any atom is 0.284 e. The number of amides is 4. The molecule has 3 atom stereocenters. The third-order valence-electron chi connectivity index (χ3n) is 13.8. The lowest BCUT2D eigenvalue weighted by Gasteiger charge is -2.36. The number of piperidine rings is 2. The number of benzene rings is 1. The van der Waals surface area contributed by atoms with Crippen LogP contribution in [0.2, 0.25) is 0 Å². The Morgan fingerprint density at radius 2 is 1.84 bits per heavy atom. The number of likely N-dealkylation sites (tertiary alicyclic amines) is 1. The molecule has 0 radical (unpaired) electrons. The van der Waals surface area contributed by atoms with Crippen molar-refractivity contribution >= 4 is 51.8 Å². The maximum atomic E-state index is 14.3. The van der Waals surface area contributed by atoms with Gasteiger partial charge in [0.1, 0.15) is 17.1 Å². The number of halogens is 2. The first-order valence-electron chi connectivity index (χ1n) is 22.2. The first-order valence-corrected chi connectivity index (χ1v) is 22.2. The van der Waals surface area contributed by atoms with E-state index in [1.54, 1.807) is 10.9 Å². The van der Waals surface area contributed by atoms with Crippen LogP contribution in [0.25, 0.3) is 16.6 Å². The first-order chi connectivity index (χ1) is 30.6. The van der Waals surface area contributed by atoms with E-state index in [0.717, 1.165) is 90.0 Å². The minimum absolute atomic E-state index is 0.0155. The van der Waals surface area contributed by atoms with E-state index in [-0.39, 0.29) is 59.9 Å². The first kappa shape index (κ1) is 41.2. The van der Waals surface area contributed by atoms with Crippen LogP contribution in [-0.2, 0) is 25.5 Å². The molecule has 1 aromatic carbocycles. The van der Waals surface area contributed by atoms with Crippen molar-refractivity contribution < 1.29 is 37.2 Å². The highest BCUT2D eigenvalue weighted by molar-refractivity contribution is 6.08. The second kappa shape index (κ2) is 17.4. The van der Waals surface area contributed by atoms with E-state index in [2.05, 4.69) is 41.1 Å². The molecule has 4 aliphatic heterocycles. The van der Waals surface area contributed by atoms with Crippen molar-refractivity contribution in [1.82, 2.24) is 45.1 Å². The molecule has 19 heteroatoms. The monoisotopic (exact) mass is 867 g/mol. The number of fused-ring (bicyclic) bond motifs is 4. The SMILES string of the molecule is O=C1CCC(c2noc3c(CC(=O)NC4CCN(CC5CCC(n6cc(NC(=O)c7cnn8ccc(N9C[C@@H]%10CCOC[C@H]9C%10)nc78)c(C(F)F)n6)CC5)CC4)cccc23)C(=O)N1. The number of rotatable bonds is 11. The van der Waals surface area contributed by atoms with Crippen molar-refractivity contribution in [3.63, 3.8) is 0 Å². The van der Waals surface area contributed by atoms with Gasteiger partial charge < -0.3 is 29.7 Å². The van der Waals surface area contributed by atoms with Gasteiger partial charge in [0.15, 0.2) is 16.9 Å². The molecule has 17 nitrogen and oxygen atoms in total. The number of nitrogens with zero attached hydrogens (tertiary/aromatic N) is 8. The Morgan fingerprint density at radius 1 is 1.00 bits per heavy atom. The maximum absolute atomic E-state index is 14.3. The van der Waals surface area contributed by atoms with Crippen LogP contribution in [-0.4, -0.2) is 110 Å². The molecule has 1 unspecified atom stereocenters. The smallest absolute Gasteiger partial charge is 0.284 e. The summed E-state index contributed by atoms with van der Waals surface area (Å²) < 4.78 is 43.2. The molecule has 0 spiro atoms. The van der Waals surface area contributed by atoms with Gasteiger partial charge >= 0.3 is 0 Å². The number of carbonyl (C=O) groups excluding carboxylic acids is 4. The molecule has 8 heterocycles. The van der Waals surface area contributed by atoms with Crippen LogP contribution in [0.5, 0.6) is 0 Å². The Hall–Kier alpha value is -5.82. The van der Waals surface area contributed by atoms with Gasteiger partial charge in [-0.3, -0.25) is 29.2 Å². The molecule has 332 valence electrons. The summed E-state index contributed by atoms with van der Waals surface area (Å²) in [6.45, 7) is 4.92. The Kier molecular flexibility index (Phi) is 11.4. The standard InChI is InChI=1S/C44H51F2N11O6/c45-41(46)39-34(49-44(61)33-20-47-56-16-12-35(50-42(33)56)55-22-26-13-17-62-24-30(55)18-26)23-57(52-39)29-6-4-25(5-7-29)21-54-14-10-28(11-15-54)48-37(59)19-27-2-1-3-31-38(53-63-40(27)31)32-8-9-36(58)51-43(32)60/h1-3,12,16,20,23,25-26,28-30,32,41H,4-11,13-15,17-19,21-22,24H2,(H,48,59)(H,49,61)(H,51,58,60)/t25?,26-,29?,30-,32?/m1/s1. The minimum Gasteiger partial charge on any atom is -0.379 e. The number of anilines is 2. The van der Waals surface area contributed by atoms with Crippen molar-refractivity contribution in [3.05, 3.63) is 65.4 Å². The average Bonchev–Trinajstić information content (AvgIpc) is 4.06. The van der Waals surface area contributed by atoms with Gasteiger partial charge in [-0.25, -0.2) is 18.3 Å². The Bertz CT molecular complexity index is 2520. The van der Waals surface area contributed by atoms with E-state index in [0.29, 0.717) is 52.7 Å². The van der Waals surface area contributed by atoms with Crippen LogP contribution in [0, 0.1) is 11.8 Å². The van der Waals surface area contributed by atoms with Crippen molar-refractivity contribution in [2.75, 3.05) is 49.6 Å². The fraction of sp³-hybridized carbons (Fsp3) is 0.545. The molecule has 5 aliphatic rings. The van der Waals surface area contributed by atoms with E-state index in [9.17, 15) is 28.0 Å². The average molecular weight is 868 g/mol. The van der Waals surface area contributed by atoms with Crippen molar-refractivity contribution in [1.29, 1.82) is 0 Å². The summed E-state index contributed by atoms with van der Waals surface area (Å²) in [4.78, 5) is 60.4. The molecule has 63 heavy (non-hydrogen) atoms. The lowest BCUT2D eigenvalue weighted by Crippen LogP contribution is -2.46. The molecule has 3 N–H and O–H groups in total. The van der Waals surface area contributed by atoms with Crippen LogP contribution in [0.4, 0.5) is 20.3 Å². The molecule has 4 amide bonds. The zero-order chi connectivity index (χ0) is 43.2. The molecular formula is C44H51F2N11O6. The lowest BCUT2D eigenvalue weighted by atomic mass is 9.85. The lowest BCUT2D eigenvalue weighted by molar-refractivity contribution is -0.134. The molecule has 5 aromatic rings. The Balaban J connectivity index is 0.701. The summed E-state index contributed by atoms with van der Waals surface area (Å²) >= 11 is 0. The summed E-state index contributed by atoms with van der Waals surface area (Å²) in [5.41, 5.74) is 1.71. The zero-order valence-corrected chi connectivity index (χ0v) is 34.9. The molecule has 1 saturated carbocycles. The number of nitrogens with one attached hydrogen (secondary N) is 3. The highest BCUT2D eigenvalue weighted by Gasteiger charge is 2.36. The third-order valence-corrected chi connectivity index (χ3v) is 13.8. The van der Waals surface area contributed by atoms with Gasteiger partial charge in [-0.15, -0.1) is 0 Å². The van der Waals surface area contributed by atoms with E-state index < -0.39 is 23.9 Å². The molecule has 10 rings (SSSR count). The van der Waals surface area contributed by atoms with E-state index in [4.69, 9.17) is 14.2 Å². The zero-order valence-electron chi connectivity index (χ0n) is 34.9. The van der Waals surface area contributed by atoms with Crippen LogP contribution >= 0.6 is 0 Å². The molecule has 2 bridgehead atoms. The number of para-hydroxylation sites is 1. The highest BCUT2D eigenvalue weighted by Crippen LogP contribution is 2.37. The van der Waals surface area contributed by atoms with E-state index in [1.807, 2.05) is 24.3 Å². The molecule has 4 saturated heterocycles. The van der Waals surface area contributed by atoms with Gasteiger partial charge in [0.2, 0.25) is 17.7 Å². The van der Waals surface area contributed by atoms with Crippen LogP contribution < -0.4 is 20.9 Å². The fourth-order valence-electron chi connectivity index (χ4n) is 10.4. The highest BCUT2D eigenvalue weighted by atomic mass is 19.3. The molecule has 5 fully saturated rings. The van der Waals surface area contributed by atoms with Crippen LogP contribution in [0.1, 0.15) is 110 Å². The predicted molar refractivity (Wildman–Crippen MR) is 224 cm³/mol. The second-order valence-corrected chi connectivity index (χ2v) is 17.9. The number of carbonyl (C=O) groups is 4. The number of alkyl halides is 2. The second-order valence-electron chi connectivity index (χ2n) is 17.9. The van der Waals surface area contributed by atoms with Gasteiger partial charge in [-0.05, 0) is 81.8 Å². The van der Waals surface area contributed by atoms with Crippen LogP contribution in [0.3, 0.4) is 0 Å². The number of hydrogen-bond donors (Lipinski definition) is 3. The summed E-state index contributed by atoms with van der Waals surface area (Å²) in [5, 5.41) is 21.7. The molecular weight excluding hydrogens is 817 g/mol. The van der Waals surface area contributed by atoms with E-state index in [1.165, 1.54) is 16.9 Å². The normalized spacial score (nSPS) is 24.9. The topological polar surface area (TPSA) is 194 Å². The summed E-state index contributed by atoms with van der Waals surface area (Å²) in [5.74, 6) is -0.227. The van der Waals surface area contributed by atoms with Crippen molar-refractivity contribution in [3.8, 4) is 0 Å². The number of ether oxygens (including phenoxy) is 1. The summed E-state index contributed by atoms with van der Waals surface area (Å²) in [6.07, 6.45) is 9.66. The number of hydrogen-bond acceptors (Lipinski definition) is 12. The predicted octanol–water partition coefficient (Wildman–Crippen LogP) is 4.95. The quantitative estimate of drug-likeness (QED) is 0.152.